The highest BCUT2D eigenvalue weighted by Crippen LogP contribution is 2.22. The van der Waals surface area contributed by atoms with Crippen LogP contribution in [0.3, 0.4) is 0 Å². The number of β-amino-alcohol motifs (C(OH)–C–C–N with tert-alkyl or cyclic N) is 1. The second-order valence-corrected chi connectivity index (χ2v) is 5.67. The Morgan fingerprint density at radius 3 is 2.70 bits per heavy atom. The molecule has 7 heteroatoms. The van der Waals surface area contributed by atoms with Gasteiger partial charge >= 0.3 is 0 Å². The summed E-state index contributed by atoms with van der Waals surface area (Å²) in [6.45, 7) is 4.50. The van der Waals surface area contributed by atoms with Crippen LogP contribution in [0.15, 0.2) is 30.7 Å². The van der Waals surface area contributed by atoms with Crippen molar-refractivity contribution in [3.8, 4) is 0 Å². The minimum absolute atomic E-state index is 0.201. The van der Waals surface area contributed by atoms with Crippen LogP contribution in [0.2, 0.25) is 0 Å². The summed E-state index contributed by atoms with van der Waals surface area (Å²) >= 11 is 0. The van der Waals surface area contributed by atoms with Crippen molar-refractivity contribution in [2.24, 2.45) is 0 Å². The van der Waals surface area contributed by atoms with Gasteiger partial charge in [-0.15, -0.1) is 0 Å². The van der Waals surface area contributed by atoms with E-state index in [1.54, 1.807) is 6.20 Å². The van der Waals surface area contributed by atoms with Crippen LogP contribution in [0, 0.1) is 0 Å². The lowest BCUT2D eigenvalue weighted by Gasteiger charge is -2.35. The third kappa shape index (κ3) is 3.94. The number of rotatable bonds is 5. The van der Waals surface area contributed by atoms with Gasteiger partial charge in [-0.2, -0.15) is 4.98 Å². The summed E-state index contributed by atoms with van der Waals surface area (Å²) in [5, 5.41) is 9.05. The number of hydrogen-bond acceptors (Lipinski definition) is 7. The quantitative estimate of drug-likeness (QED) is 0.812. The van der Waals surface area contributed by atoms with Crippen LogP contribution < -0.4 is 10.6 Å². The van der Waals surface area contributed by atoms with E-state index in [1.807, 2.05) is 24.5 Å². The van der Waals surface area contributed by atoms with Gasteiger partial charge in [0.25, 0.3) is 0 Å². The molecule has 7 nitrogen and oxygen atoms in total. The number of piperazine rings is 1. The van der Waals surface area contributed by atoms with Crippen LogP contribution in [-0.4, -0.2) is 64.3 Å². The molecular formula is C16H22N6O. The first-order valence-electron chi connectivity index (χ1n) is 7.84. The van der Waals surface area contributed by atoms with E-state index < -0.39 is 0 Å². The fourth-order valence-corrected chi connectivity index (χ4v) is 2.86. The number of aromatic nitrogens is 3. The molecular weight excluding hydrogens is 292 g/mol. The maximum atomic E-state index is 9.05. The molecule has 2 aromatic heterocycles. The summed E-state index contributed by atoms with van der Waals surface area (Å²) < 4.78 is 0. The molecule has 0 amide bonds. The van der Waals surface area contributed by atoms with Crippen molar-refractivity contribution in [2.45, 2.75) is 6.42 Å². The molecule has 1 fully saturated rings. The average molecular weight is 314 g/mol. The van der Waals surface area contributed by atoms with Gasteiger partial charge in [-0.25, -0.2) is 4.98 Å². The molecule has 0 radical (unpaired) electrons. The maximum absolute atomic E-state index is 9.05. The third-order valence-corrected chi connectivity index (χ3v) is 4.07. The summed E-state index contributed by atoms with van der Waals surface area (Å²) in [6.07, 6.45) is 6.18. The van der Waals surface area contributed by atoms with Crippen LogP contribution >= 0.6 is 0 Å². The number of nitrogens with two attached hydrogens (primary N) is 1. The lowest BCUT2D eigenvalue weighted by atomic mass is 10.1. The summed E-state index contributed by atoms with van der Waals surface area (Å²) in [6, 6.07) is 3.98. The summed E-state index contributed by atoms with van der Waals surface area (Å²) in [5.41, 5.74) is 7.98. The van der Waals surface area contributed by atoms with Gasteiger partial charge in [0.2, 0.25) is 5.95 Å². The molecule has 0 unspecified atom stereocenters. The summed E-state index contributed by atoms with van der Waals surface area (Å²) in [5.74, 6) is 1.21. The SMILES string of the molecule is Nc1ncc(Cc2cccnc2)c(N2CCN(CCO)CC2)n1. The van der Waals surface area contributed by atoms with Crippen molar-refractivity contribution in [1.29, 1.82) is 0 Å². The molecule has 0 spiro atoms. The first-order valence-corrected chi connectivity index (χ1v) is 7.84. The standard InChI is InChI=1S/C16H22N6O/c17-16-19-12-14(10-13-2-1-3-18-11-13)15(20-16)22-6-4-21(5-7-22)8-9-23/h1-3,11-12,23H,4-10H2,(H2,17,19,20). The Balaban J connectivity index is 1.77. The number of aliphatic hydroxyl groups is 1. The zero-order valence-corrected chi connectivity index (χ0v) is 13.1. The van der Waals surface area contributed by atoms with E-state index in [2.05, 4.69) is 24.8 Å². The van der Waals surface area contributed by atoms with Crippen LogP contribution in [0.4, 0.5) is 11.8 Å². The first-order chi connectivity index (χ1) is 11.3. The Labute approximate surface area is 135 Å². The number of anilines is 2. The molecule has 2 aromatic rings. The summed E-state index contributed by atoms with van der Waals surface area (Å²) in [7, 11) is 0. The Kier molecular flexibility index (Phi) is 4.99. The lowest BCUT2D eigenvalue weighted by molar-refractivity contribution is 0.188. The molecule has 0 atom stereocenters. The third-order valence-electron chi connectivity index (χ3n) is 4.07. The lowest BCUT2D eigenvalue weighted by Crippen LogP contribution is -2.47. The number of aliphatic hydroxyl groups excluding tert-OH is 1. The number of nitrogen functional groups attached to an aromatic ring is 1. The van der Waals surface area contributed by atoms with Crippen molar-refractivity contribution in [3.05, 3.63) is 41.9 Å². The molecule has 3 heterocycles. The van der Waals surface area contributed by atoms with Gasteiger partial charge in [-0.3, -0.25) is 9.88 Å². The van der Waals surface area contributed by atoms with Crippen molar-refractivity contribution in [2.75, 3.05) is 50.0 Å². The van der Waals surface area contributed by atoms with Gasteiger partial charge in [0.1, 0.15) is 5.82 Å². The number of nitrogens with zero attached hydrogens (tertiary/aromatic N) is 5. The van der Waals surface area contributed by atoms with Crippen molar-refractivity contribution < 1.29 is 5.11 Å². The first kappa shape index (κ1) is 15.6. The van der Waals surface area contributed by atoms with Gasteiger partial charge in [0.15, 0.2) is 0 Å². The van der Waals surface area contributed by atoms with Crippen LogP contribution in [0.1, 0.15) is 11.1 Å². The van der Waals surface area contributed by atoms with Gasteiger partial charge in [0.05, 0.1) is 6.61 Å². The molecule has 0 bridgehead atoms. The Bertz CT molecular complexity index is 628. The van der Waals surface area contributed by atoms with Crippen molar-refractivity contribution in [3.63, 3.8) is 0 Å². The van der Waals surface area contributed by atoms with Crippen LogP contribution in [-0.2, 0) is 6.42 Å². The van der Waals surface area contributed by atoms with E-state index in [4.69, 9.17) is 10.8 Å². The molecule has 1 saturated heterocycles. The normalized spacial score (nSPS) is 15.8. The van der Waals surface area contributed by atoms with E-state index in [0.29, 0.717) is 5.95 Å². The van der Waals surface area contributed by atoms with E-state index in [0.717, 1.165) is 56.1 Å². The van der Waals surface area contributed by atoms with Crippen molar-refractivity contribution >= 4 is 11.8 Å². The highest BCUT2D eigenvalue weighted by molar-refractivity contribution is 5.50. The van der Waals surface area contributed by atoms with Crippen LogP contribution in [0.25, 0.3) is 0 Å². The predicted octanol–water partition coefficient (Wildman–Crippen LogP) is 0.159. The average Bonchev–Trinajstić information content (AvgIpc) is 2.58. The summed E-state index contributed by atoms with van der Waals surface area (Å²) in [4.78, 5) is 17.3. The van der Waals surface area contributed by atoms with Crippen LogP contribution in [0.5, 0.6) is 0 Å². The molecule has 0 aromatic carbocycles. The van der Waals surface area contributed by atoms with E-state index >= 15 is 0 Å². The Morgan fingerprint density at radius 1 is 1.17 bits per heavy atom. The molecule has 122 valence electrons. The zero-order valence-electron chi connectivity index (χ0n) is 13.1. The Hall–Kier alpha value is -2.25. The monoisotopic (exact) mass is 314 g/mol. The molecule has 1 aliphatic rings. The topological polar surface area (TPSA) is 91.4 Å². The van der Waals surface area contributed by atoms with E-state index in [9.17, 15) is 0 Å². The molecule has 0 saturated carbocycles. The second kappa shape index (κ2) is 7.34. The van der Waals surface area contributed by atoms with E-state index in [1.165, 1.54) is 0 Å². The second-order valence-electron chi connectivity index (χ2n) is 5.67. The van der Waals surface area contributed by atoms with Gasteiger partial charge in [0, 0.05) is 63.3 Å². The predicted molar refractivity (Wildman–Crippen MR) is 89.2 cm³/mol. The Morgan fingerprint density at radius 2 is 2.00 bits per heavy atom. The molecule has 1 aliphatic heterocycles. The largest absolute Gasteiger partial charge is 0.395 e. The smallest absolute Gasteiger partial charge is 0.221 e. The molecule has 3 N–H and O–H groups in total. The minimum atomic E-state index is 0.201. The highest BCUT2D eigenvalue weighted by atomic mass is 16.3. The van der Waals surface area contributed by atoms with Gasteiger partial charge < -0.3 is 15.7 Å². The van der Waals surface area contributed by atoms with Gasteiger partial charge in [-0.05, 0) is 11.6 Å². The zero-order chi connectivity index (χ0) is 16.1. The number of pyridine rings is 1. The highest BCUT2D eigenvalue weighted by Gasteiger charge is 2.20. The minimum Gasteiger partial charge on any atom is -0.395 e. The van der Waals surface area contributed by atoms with E-state index in [-0.39, 0.29) is 6.61 Å². The maximum Gasteiger partial charge on any atom is 0.221 e. The number of hydrogen-bond donors (Lipinski definition) is 2. The fourth-order valence-electron chi connectivity index (χ4n) is 2.86. The molecule has 3 rings (SSSR count). The fraction of sp³-hybridized carbons (Fsp3) is 0.438. The molecule has 23 heavy (non-hydrogen) atoms. The van der Waals surface area contributed by atoms with Crippen molar-refractivity contribution in [1.82, 2.24) is 19.9 Å². The molecule has 0 aliphatic carbocycles. The van der Waals surface area contributed by atoms with Gasteiger partial charge in [-0.1, -0.05) is 6.07 Å².